The van der Waals surface area contributed by atoms with Crippen LogP contribution in [0.1, 0.15) is 42.9 Å². The van der Waals surface area contributed by atoms with E-state index in [-0.39, 0.29) is 5.75 Å². The Bertz CT molecular complexity index is 718. The van der Waals surface area contributed by atoms with Crippen LogP contribution < -0.4 is 11.1 Å². The second-order valence-electron chi connectivity index (χ2n) is 7.06. The molecule has 0 heterocycles. The van der Waals surface area contributed by atoms with E-state index in [1.807, 2.05) is 12.1 Å². The molecule has 5 nitrogen and oxygen atoms in total. The number of benzene rings is 2. The van der Waals surface area contributed by atoms with Gasteiger partial charge >= 0.3 is 0 Å². The van der Waals surface area contributed by atoms with Crippen molar-refractivity contribution in [3.8, 4) is 5.75 Å². The average Bonchev–Trinajstić information content (AvgIpc) is 2.71. The van der Waals surface area contributed by atoms with E-state index < -0.39 is 6.10 Å². The van der Waals surface area contributed by atoms with Gasteiger partial charge in [0.05, 0.1) is 28.4 Å². The summed E-state index contributed by atoms with van der Waals surface area (Å²) in [4.78, 5) is 0. The number of phenolic OH excluding ortho intramolecular Hbond substituents is 1. The molecule has 0 saturated heterocycles. The van der Waals surface area contributed by atoms with Gasteiger partial charge in [-0.3, -0.25) is 0 Å². The van der Waals surface area contributed by atoms with E-state index in [4.69, 9.17) is 33.7 Å². The second kappa shape index (κ2) is 12.9. The lowest BCUT2D eigenvalue weighted by atomic mass is 10.1. The Balaban J connectivity index is 1.45. The van der Waals surface area contributed by atoms with Crippen molar-refractivity contribution >= 4 is 28.9 Å². The summed E-state index contributed by atoms with van der Waals surface area (Å²) in [5, 5.41) is 23.4. The molecule has 1 unspecified atom stereocenters. The molecule has 2 rings (SSSR count). The SMILES string of the molecule is Nc1c(Cl)cc(C(O)CNCCCCCCOCCc2ccc(O)cc2)cc1Cl. The third-order valence-corrected chi connectivity index (χ3v) is 5.31. The molecule has 0 aliphatic rings. The maximum absolute atomic E-state index is 10.2. The van der Waals surface area contributed by atoms with E-state index in [0.29, 0.717) is 34.4 Å². The molecule has 0 spiro atoms. The molecule has 29 heavy (non-hydrogen) atoms. The van der Waals surface area contributed by atoms with Crippen LogP contribution in [0.2, 0.25) is 10.0 Å². The Morgan fingerprint density at radius 3 is 2.31 bits per heavy atom. The number of nitrogens with one attached hydrogen (secondary N) is 1. The van der Waals surface area contributed by atoms with Gasteiger partial charge in [-0.05, 0) is 61.2 Å². The maximum atomic E-state index is 10.2. The van der Waals surface area contributed by atoms with Crippen molar-refractivity contribution in [3.05, 3.63) is 57.6 Å². The van der Waals surface area contributed by atoms with Crippen molar-refractivity contribution in [2.75, 3.05) is 32.0 Å². The molecule has 0 aromatic heterocycles. The summed E-state index contributed by atoms with van der Waals surface area (Å²) < 4.78 is 5.66. The zero-order valence-electron chi connectivity index (χ0n) is 16.5. The number of aliphatic hydroxyl groups excluding tert-OH is 1. The van der Waals surface area contributed by atoms with Crippen LogP contribution in [0.3, 0.4) is 0 Å². The normalized spacial score (nSPS) is 12.2. The Morgan fingerprint density at radius 1 is 0.966 bits per heavy atom. The number of halogens is 2. The first-order valence-corrected chi connectivity index (χ1v) is 10.7. The molecule has 160 valence electrons. The Hall–Kier alpha value is -1.50. The van der Waals surface area contributed by atoms with E-state index in [0.717, 1.165) is 45.3 Å². The van der Waals surface area contributed by atoms with E-state index in [2.05, 4.69) is 5.32 Å². The lowest BCUT2D eigenvalue weighted by Crippen LogP contribution is -2.22. The first-order valence-electron chi connectivity index (χ1n) is 9.96. The van der Waals surface area contributed by atoms with Gasteiger partial charge in [0.2, 0.25) is 0 Å². The van der Waals surface area contributed by atoms with Gasteiger partial charge in [-0.25, -0.2) is 0 Å². The van der Waals surface area contributed by atoms with Crippen molar-refractivity contribution in [1.82, 2.24) is 5.32 Å². The predicted molar refractivity (Wildman–Crippen MR) is 120 cm³/mol. The summed E-state index contributed by atoms with van der Waals surface area (Å²) in [7, 11) is 0. The third-order valence-electron chi connectivity index (χ3n) is 4.69. The molecular formula is C22H30Cl2N2O3. The van der Waals surface area contributed by atoms with Crippen LogP contribution in [-0.4, -0.2) is 36.5 Å². The molecule has 0 fully saturated rings. The second-order valence-corrected chi connectivity index (χ2v) is 7.88. The minimum Gasteiger partial charge on any atom is -0.508 e. The summed E-state index contributed by atoms with van der Waals surface area (Å²) in [5.74, 6) is 0.290. The highest BCUT2D eigenvalue weighted by Crippen LogP contribution is 2.31. The fourth-order valence-corrected chi connectivity index (χ4v) is 3.42. The van der Waals surface area contributed by atoms with Crippen LogP contribution in [0.4, 0.5) is 5.69 Å². The molecule has 2 aromatic carbocycles. The smallest absolute Gasteiger partial charge is 0.115 e. The van der Waals surface area contributed by atoms with Crippen LogP contribution in [0.25, 0.3) is 0 Å². The van der Waals surface area contributed by atoms with E-state index in [1.165, 1.54) is 5.56 Å². The van der Waals surface area contributed by atoms with E-state index in [1.54, 1.807) is 24.3 Å². The Morgan fingerprint density at radius 2 is 1.62 bits per heavy atom. The highest BCUT2D eigenvalue weighted by Gasteiger charge is 2.11. The number of ether oxygens (including phenoxy) is 1. The van der Waals surface area contributed by atoms with Crippen LogP contribution in [0.15, 0.2) is 36.4 Å². The molecule has 7 heteroatoms. The van der Waals surface area contributed by atoms with Crippen molar-refractivity contribution in [3.63, 3.8) is 0 Å². The number of phenols is 1. The Kier molecular flexibility index (Phi) is 10.6. The summed E-state index contributed by atoms with van der Waals surface area (Å²) in [5.41, 5.74) is 7.87. The van der Waals surface area contributed by atoms with Crippen LogP contribution >= 0.6 is 23.2 Å². The monoisotopic (exact) mass is 440 g/mol. The van der Waals surface area contributed by atoms with Gasteiger partial charge in [0.15, 0.2) is 0 Å². The van der Waals surface area contributed by atoms with Gasteiger partial charge < -0.3 is 26.0 Å². The number of hydrogen-bond donors (Lipinski definition) is 4. The zero-order chi connectivity index (χ0) is 21.1. The minimum absolute atomic E-state index is 0.290. The summed E-state index contributed by atoms with van der Waals surface area (Å²) in [6.07, 6.45) is 4.50. The van der Waals surface area contributed by atoms with Gasteiger partial charge in [-0.1, -0.05) is 48.2 Å². The van der Waals surface area contributed by atoms with Crippen LogP contribution in [0.5, 0.6) is 5.75 Å². The highest BCUT2D eigenvalue weighted by molar-refractivity contribution is 6.38. The first-order chi connectivity index (χ1) is 14.0. The quantitative estimate of drug-likeness (QED) is 0.267. The molecule has 0 aliphatic heterocycles. The van der Waals surface area contributed by atoms with Crippen LogP contribution in [-0.2, 0) is 11.2 Å². The lowest BCUT2D eigenvalue weighted by Gasteiger charge is -2.14. The molecular weight excluding hydrogens is 411 g/mol. The summed E-state index contributed by atoms with van der Waals surface area (Å²) in [6.45, 7) is 2.75. The molecule has 0 bridgehead atoms. The van der Waals surface area contributed by atoms with E-state index in [9.17, 15) is 10.2 Å². The Labute approximate surface area is 182 Å². The van der Waals surface area contributed by atoms with Crippen molar-refractivity contribution in [1.29, 1.82) is 0 Å². The van der Waals surface area contributed by atoms with Gasteiger partial charge in [0.1, 0.15) is 5.75 Å². The molecule has 0 saturated carbocycles. The van der Waals surface area contributed by atoms with Crippen LogP contribution in [0, 0.1) is 0 Å². The number of nitrogens with two attached hydrogens (primary N) is 1. The molecule has 1 atom stereocenters. The highest BCUT2D eigenvalue weighted by atomic mass is 35.5. The molecule has 0 amide bonds. The molecule has 0 radical (unpaired) electrons. The fourth-order valence-electron chi connectivity index (χ4n) is 2.92. The standard InChI is InChI=1S/C22H30Cl2N2O3/c23-19-13-17(14-20(24)22(19)25)21(28)15-26-10-3-1-2-4-11-29-12-9-16-5-7-18(27)8-6-16/h5-8,13-14,21,26-28H,1-4,9-12,15,25H2. The number of hydrogen-bond acceptors (Lipinski definition) is 5. The number of rotatable bonds is 13. The average molecular weight is 441 g/mol. The third kappa shape index (κ3) is 8.81. The lowest BCUT2D eigenvalue weighted by molar-refractivity contribution is 0.132. The number of aliphatic hydroxyl groups is 1. The van der Waals surface area contributed by atoms with E-state index >= 15 is 0 Å². The van der Waals surface area contributed by atoms with Gasteiger partial charge in [0, 0.05) is 13.2 Å². The fraction of sp³-hybridized carbons (Fsp3) is 0.455. The van der Waals surface area contributed by atoms with Crippen molar-refractivity contribution in [2.45, 2.75) is 38.2 Å². The summed E-state index contributed by atoms with van der Waals surface area (Å²) in [6, 6.07) is 10.5. The zero-order valence-corrected chi connectivity index (χ0v) is 18.1. The first kappa shape index (κ1) is 23.8. The predicted octanol–water partition coefficient (Wildman–Crippen LogP) is 4.72. The number of aromatic hydroxyl groups is 1. The van der Waals surface area contributed by atoms with Gasteiger partial charge in [-0.15, -0.1) is 0 Å². The van der Waals surface area contributed by atoms with Crippen molar-refractivity contribution in [2.24, 2.45) is 0 Å². The molecule has 5 N–H and O–H groups in total. The molecule has 0 aliphatic carbocycles. The maximum Gasteiger partial charge on any atom is 0.115 e. The summed E-state index contributed by atoms with van der Waals surface area (Å²) >= 11 is 12.0. The van der Waals surface area contributed by atoms with Gasteiger partial charge in [0.25, 0.3) is 0 Å². The number of nitrogen functional groups attached to an aromatic ring is 1. The largest absolute Gasteiger partial charge is 0.508 e. The minimum atomic E-state index is -0.674. The number of anilines is 1. The molecule has 2 aromatic rings. The topological polar surface area (TPSA) is 87.7 Å². The van der Waals surface area contributed by atoms with Gasteiger partial charge in [-0.2, -0.15) is 0 Å². The van der Waals surface area contributed by atoms with Crippen molar-refractivity contribution < 1.29 is 14.9 Å². The number of unbranched alkanes of at least 4 members (excludes halogenated alkanes) is 3.